The average molecular weight is 368 g/mol. The zero-order chi connectivity index (χ0) is 19.8. The van der Waals surface area contributed by atoms with E-state index in [0.29, 0.717) is 25.4 Å². The van der Waals surface area contributed by atoms with Crippen LogP contribution in [0.3, 0.4) is 0 Å². The normalized spacial score (nSPS) is 17.4. The van der Waals surface area contributed by atoms with E-state index in [2.05, 4.69) is 45.3 Å². The first-order valence-corrected chi connectivity index (χ1v) is 9.71. The smallest absolute Gasteiger partial charge is 0.253 e. The van der Waals surface area contributed by atoms with Gasteiger partial charge in [-0.1, -0.05) is 13.8 Å². The maximum atomic E-state index is 11.9. The standard InChI is InChI=1S/C20H37N3O3/c1-16(2)21-12-8-20(11-15-24,9-13-22-19(3,4)5)10-14-23-17(25)6-7-18(23)26/h6-7,16,21-22,24H,8-15H2,1-5H3. The lowest BCUT2D eigenvalue weighted by molar-refractivity contribution is -0.137. The summed E-state index contributed by atoms with van der Waals surface area (Å²) in [4.78, 5) is 25.0. The second-order valence-corrected chi connectivity index (χ2v) is 8.67. The molecule has 1 heterocycles. The number of imide groups is 1. The molecule has 1 unspecified atom stereocenters. The Labute approximate surface area is 158 Å². The molecule has 0 aromatic heterocycles. The fourth-order valence-corrected chi connectivity index (χ4v) is 3.32. The second-order valence-electron chi connectivity index (χ2n) is 8.67. The Morgan fingerprint density at radius 3 is 2.08 bits per heavy atom. The van der Waals surface area contributed by atoms with E-state index in [4.69, 9.17) is 0 Å². The van der Waals surface area contributed by atoms with Crippen LogP contribution in [0.5, 0.6) is 0 Å². The Morgan fingerprint density at radius 1 is 1.00 bits per heavy atom. The lowest BCUT2D eigenvalue weighted by Gasteiger charge is -2.36. The van der Waals surface area contributed by atoms with Gasteiger partial charge in [-0.3, -0.25) is 14.5 Å². The lowest BCUT2D eigenvalue weighted by Crippen LogP contribution is -2.41. The van der Waals surface area contributed by atoms with E-state index >= 15 is 0 Å². The van der Waals surface area contributed by atoms with Gasteiger partial charge in [0, 0.05) is 36.9 Å². The van der Waals surface area contributed by atoms with Crippen LogP contribution < -0.4 is 10.6 Å². The van der Waals surface area contributed by atoms with Crippen molar-refractivity contribution in [2.45, 2.75) is 71.9 Å². The Kier molecular flexibility index (Phi) is 8.93. The van der Waals surface area contributed by atoms with E-state index in [1.165, 1.54) is 17.1 Å². The molecule has 6 heteroatoms. The van der Waals surface area contributed by atoms with Gasteiger partial charge in [0.2, 0.25) is 0 Å². The maximum Gasteiger partial charge on any atom is 0.253 e. The van der Waals surface area contributed by atoms with E-state index in [0.717, 1.165) is 25.9 Å². The van der Waals surface area contributed by atoms with Crippen molar-refractivity contribution in [2.24, 2.45) is 5.41 Å². The van der Waals surface area contributed by atoms with Crippen molar-refractivity contribution in [2.75, 3.05) is 26.2 Å². The first-order valence-electron chi connectivity index (χ1n) is 9.71. The van der Waals surface area contributed by atoms with Gasteiger partial charge in [-0.25, -0.2) is 0 Å². The van der Waals surface area contributed by atoms with Crippen molar-refractivity contribution in [3.8, 4) is 0 Å². The molecule has 150 valence electrons. The van der Waals surface area contributed by atoms with Gasteiger partial charge in [0.15, 0.2) is 0 Å². The van der Waals surface area contributed by atoms with Gasteiger partial charge in [0.05, 0.1) is 0 Å². The SMILES string of the molecule is CC(C)NCCC(CCO)(CCNC(C)(C)C)CCN1C(=O)C=CC1=O. The summed E-state index contributed by atoms with van der Waals surface area (Å²) < 4.78 is 0. The molecule has 0 radical (unpaired) electrons. The van der Waals surface area contributed by atoms with Crippen molar-refractivity contribution in [3.05, 3.63) is 12.2 Å². The molecule has 0 aromatic rings. The number of carbonyl (C=O) groups excluding carboxylic acids is 2. The minimum Gasteiger partial charge on any atom is -0.396 e. The van der Waals surface area contributed by atoms with Gasteiger partial charge >= 0.3 is 0 Å². The monoisotopic (exact) mass is 367 g/mol. The molecular formula is C20H37N3O3. The van der Waals surface area contributed by atoms with Crippen LogP contribution in [0, 0.1) is 5.41 Å². The van der Waals surface area contributed by atoms with Crippen molar-refractivity contribution < 1.29 is 14.7 Å². The fraction of sp³-hybridized carbons (Fsp3) is 0.800. The molecule has 0 saturated carbocycles. The summed E-state index contributed by atoms with van der Waals surface area (Å²) in [5.41, 5.74) is -0.0794. The number of aliphatic hydroxyl groups excluding tert-OH is 1. The average Bonchev–Trinajstić information content (AvgIpc) is 2.82. The van der Waals surface area contributed by atoms with Gasteiger partial charge < -0.3 is 15.7 Å². The Balaban J connectivity index is 2.77. The van der Waals surface area contributed by atoms with E-state index < -0.39 is 0 Å². The van der Waals surface area contributed by atoms with Crippen LogP contribution in [-0.4, -0.2) is 59.6 Å². The quantitative estimate of drug-likeness (QED) is 0.459. The van der Waals surface area contributed by atoms with E-state index in [1.807, 2.05) is 0 Å². The van der Waals surface area contributed by atoms with Crippen molar-refractivity contribution in [1.29, 1.82) is 0 Å². The third-order valence-corrected chi connectivity index (χ3v) is 4.93. The fourth-order valence-electron chi connectivity index (χ4n) is 3.32. The number of hydrogen-bond donors (Lipinski definition) is 3. The van der Waals surface area contributed by atoms with Gasteiger partial charge in [0.1, 0.15) is 0 Å². The predicted octanol–water partition coefficient (Wildman–Crippen LogP) is 1.84. The Bertz CT molecular complexity index is 479. The van der Waals surface area contributed by atoms with Gasteiger partial charge in [-0.2, -0.15) is 0 Å². The van der Waals surface area contributed by atoms with Crippen LogP contribution in [0.4, 0.5) is 0 Å². The highest BCUT2D eigenvalue weighted by atomic mass is 16.3. The molecule has 3 N–H and O–H groups in total. The lowest BCUT2D eigenvalue weighted by atomic mass is 9.75. The summed E-state index contributed by atoms with van der Waals surface area (Å²) >= 11 is 0. The van der Waals surface area contributed by atoms with Crippen LogP contribution in [0.15, 0.2) is 12.2 Å². The van der Waals surface area contributed by atoms with Gasteiger partial charge in [-0.15, -0.1) is 0 Å². The summed E-state index contributed by atoms with van der Waals surface area (Å²) in [6, 6.07) is 0.403. The van der Waals surface area contributed by atoms with Crippen LogP contribution >= 0.6 is 0 Å². The molecule has 2 amide bonds. The zero-order valence-corrected chi connectivity index (χ0v) is 17.1. The van der Waals surface area contributed by atoms with Crippen molar-refractivity contribution in [1.82, 2.24) is 15.5 Å². The highest BCUT2D eigenvalue weighted by Crippen LogP contribution is 2.35. The molecule has 1 atom stereocenters. The number of hydrogen-bond acceptors (Lipinski definition) is 5. The maximum absolute atomic E-state index is 11.9. The summed E-state index contributed by atoms with van der Waals surface area (Å²) in [5.74, 6) is -0.470. The van der Waals surface area contributed by atoms with Crippen LogP contribution in [-0.2, 0) is 9.59 Å². The second kappa shape index (κ2) is 10.2. The molecular weight excluding hydrogens is 330 g/mol. The predicted molar refractivity (Wildman–Crippen MR) is 105 cm³/mol. The van der Waals surface area contributed by atoms with E-state index in [9.17, 15) is 14.7 Å². The number of aliphatic hydroxyl groups is 1. The van der Waals surface area contributed by atoms with Crippen LogP contribution in [0.1, 0.15) is 60.3 Å². The third kappa shape index (κ3) is 7.98. The largest absolute Gasteiger partial charge is 0.396 e. The number of rotatable bonds is 12. The summed E-state index contributed by atoms with van der Waals surface area (Å²) in [6.07, 6.45) is 5.84. The molecule has 1 rings (SSSR count). The van der Waals surface area contributed by atoms with Crippen LogP contribution in [0.25, 0.3) is 0 Å². The molecule has 1 aliphatic heterocycles. The van der Waals surface area contributed by atoms with Crippen molar-refractivity contribution >= 4 is 11.8 Å². The molecule has 0 saturated heterocycles. The van der Waals surface area contributed by atoms with E-state index in [-0.39, 0.29) is 29.4 Å². The Morgan fingerprint density at radius 2 is 1.58 bits per heavy atom. The number of amides is 2. The molecule has 1 aliphatic rings. The van der Waals surface area contributed by atoms with Gasteiger partial charge in [0.25, 0.3) is 11.8 Å². The summed E-state index contributed by atoms with van der Waals surface area (Å²) in [6.45, 7) is 12.8. The first-order chi connectivity index (χ1) is 12.1. The number of nitrogens with zero attached hydrogens (tertiary/aromatic N) is 1. The molecule has 0 spiro atoms. The van der Waals surface area contributed by atoms with Crippen LogP contribution in [0.2, 0.25) is 0 Å². The molecule has 0 aliphatic carbocycles. The number of carbonyl (C=O) groups is 2. The molecule has 0 fully saturated rings. The highest BCUT2D eigenvalue weighted by Gasteiger charge is 2.32. The third-order valence-electron chi connectivity index (χ3n) is 4.93. The van der Waals surface area contributed by atoms with Gasteiger partial charge in [-0.05, 0) is 65.0 Å². The minimum absolute atomic E-state index is 0.0337. The first kappa shape index (κ1) is 22.8. The highest BCUT2D eigenvalue weighted by molar-refractivity contribution is 6.12. The Hall–Kier alpha value is -1.24. The molecule has 26 heavy (non-hydrogen) atoms. The minimum atomic E-state index is -0.235. The molecule has 0 bridgehead atoms. The zero-order valence-electron chi connectivity index (χ0n) is 17.1. The summed E-state index contributed by atoms with van der Waals surface area (Å²) in [7, 11) is 0. The summed E-state index contributed by atoms with van der Waals surface area (Å²) in [5, 5.41) is 16.6. The number of nitrogens with one attached hydrogen (secondary N) is 2. The topological polar surface area (TPSA) is 81.7 Å². The molecule has 0 aromatic carbocycles. The van der Waals surface area contributed by atoms with E-state index in [1.54, 1.807) is 0 Å². The van der Waals surface area contributed by atoms with Crippen molar-refractivity contribution in [3.63, 3.8) is 0 Å². The molecule has 6 nitrogen and oxygen atoms in total.